The van der Waals surface area contributed by atoms with E-state index in [1.54, 1.807) is 30.3 Å². The van der Waals surface area contributed by atoms with Crippen molar-refractivity contribution in [2.75, 3.05) is 12.0 Å². The first-order valence-corrected chi connectivity index (χ1v) is 11.3. The zero-order chi connectivity index (χ0) is 25.8. The van der Waals surface area contributed by atoms with E-state index in [4.69, 9.17) is 4.74 Å². The summed E-state index contributed by atoms with van der Waals surface area (Å²) in [4.78, 5) is 50.8. The van der Waals surface area contributed by atoms with E-state index in [1.807, 2.05) is 0 Å². The van der Waals surface area contributed by atoms with Gasteiger partial charge in [0.1, 0.15) is 23.7 Å². The largest absolute Gasteiger partial charge is 0.488 e. The van der Waals surface area contributed by atoms with E-state index < -0.39 is 29.6 Å². The normalized spacial score (nSPS) is 14.6. The Morgan fingerprint density at radius 3 is 2.50 bits per heavy atom. The Balaban J connectivity index is 1.65. The number of imide groups is 2. The lowest BCUT2D eigenvalue weighted by Crippen LogP contribution is -2.54. The molecule has 36 heavy (non-hydrogen) atoms. The number of benzene rings is 3. The molecule has 1 saturated heterocycles. The number of rotatable bonds is 6. The molecule has 0 bridgehead atoms. The van der Waals surface area contributed by atoms with Gasteiger partial charge in [-0.1, -0.05) is 28.1 Å². The summed E-state index contributed by atoms with van der Waals surface area (Å²) in [5, 5.41) is 2.15. The number of anilines is 1. The zero-order valence-corrected chi connectivity index (χ0v) is 20.4. The van der Waals surface area contributed by atoms with E-state index in [2.05, 4.69) is 26.0 Å². The van der Waals surface area contributed by atoms with Crippen molar-refractivity contribution in [2.45, 2.75) is 6.61 Å². The summed E-state index contributed by atoms with van der Waals surface area (Å²) in [5.41, 5.74) is 1.05. The number of hydrogen-bond acceptors (Lipinski definition) is 6. The molecule has 4 rings (SSSR count). The molecule has 4 amide bonds. The third-order valence-corrected chi connectivity index (χ3v) is 5.70. The Bertz CT molecular complexity index is 1400. The van der Waals surface area contributed by atoms with Gasteiger partial charge in [-0.25, -0.2) is 18.9 Å². The number of nitrogens with zero attached hydrogens (tertiary/aromatic N) is 1. The molecule has 1 N–H and O–H groups in total. The van der Waals surface area contributed by atoms with Crippen molar-refractivity contribution >= 4 is 51.5 Å². The third-order valence-electron chi connectivity index (χ3n) is 5.20. The SMILES string of the molecule is COC(=O)c1ccc(N2C(=O)NC(=O)/C(=C\c3cc(Br)ccc3OCc3cccc(F)c3)C2=O)cc1. The summed E-state index contributed by atoms with van der Waals surface area (Å²) < 4.78 is 24.6. The molecule has 182 valence electrons. The minimum Gasteiger partial charge on any atom is -0.488 e. The van der Waals surface area contributed by atoms with E-state index in [-0.39, 0.29) is 23.4 Å². The van der Waals surface area contributed by atoms with Crippen molar-refractivity contribution in [2.24, 2.45) is 0 Å². The quantitative estimate of drug-likeness (QED) is 0.272. The lowest BCUT2D eigenvalue weighted by Gasteiger charge is -2.26. The molecule has 1 aliphatic heterocycles. The van der Waals surface area contributed by atoms with Crippen LogP contribution in [0.25, 0.3) is 6.08 Å². The highest BCUT2D eigenvalue weighted by molar-refractivity contribution is 9.10. The first-order valence-electron chi connectivity index (χ1n) is 10.5. The fourth-order valence-corrected chi connectivity index (χ4v) is 3.84. The van der Waals surface area contributed by atoms with Gasteiger partial charge in [-0.05, 0) is 66.2 Å². The van der Waals surface area contributed by atoms with Crippen LogP contribution in [0.5, 0.6) is 5.75 Å². The number of barbiturate groups is 1. The van der Waals surface area contributed by atoms with E-state index >= 15 is 0 Å². The number of ether oxygens (including phenoxy) is 2. The van der Waals surface area contributed by atoms with Crippen molar-refractivity contribution < 1.29 is 33.0 Å². The minimum atomic E-state index is -0.926. The first-order chi connectivity index (χ1) is 17.3. The molecule has 3 aromatic carbocycles. The van der Waals surface area contributed by atoms with Crippen molar-refractivity contribution in [3.8, 4) is 5.75 Å². The topological polar surface area (TPSA) is 102 Å². The van der Waals surface area contributed by atoms with Crippen LogP contribution in [0.2, 0.25) is 0 Å². The Hall–Kier alpha value is -4.31. The molecule has 8 nitrogen and oxygen atoms in total. The van der Waals surface area contributed by atoms with Crippen molar-refractivity contribution in [3.05, 3.63) is 99.3 Å². The van der Waals surface area contributed by atoms with Crippen LogP contribution in [0.3, 0.4) is 0 Å². The van der Waals surface area contributed by atoms with Crippen LogP contribution in [0.4, 0.5) is 14.9 Å². The van der Waals surface area contributed by atoms with E-state index in [1.165, 1.54) is 49.6 Å². The second-order valence-corrected chi connectivity index (χ2v) is 8.51. The highest BCUT2D eigenvalue weighted by Gasteiger charge is 2.37. The van der Waals surface area contributed by atoms with Gasteiger partial charge in [-0.3, -0.25) is 14.9 Å². The molecule has 3 aromatic rings. The molecular formula is C26H18BrFN2O6. The molecule has 1 fully saturated rings. The number of halogens is 2. The van der Waals surface area contributed by atoms with Crippen LogP contribution >= 0.6 is 15.9 Å². The molecule has 0 saturated carbocycles. The predicted molar refractivity (Wildman–Crippen MR) is 132 cm³/mol. The Kier molecular flexibility index (Phi) is 7.25. The van der Waals surface area contributed by atoms with Crippen LogP contribution in [0.15, 0.2) is 76.8 Å². The number of carbonyl (C=O) groups is 4. The van der Waals surface area contributed by atoms with Crippen molar-refractivity contribution in [3.63, 3.8) is 0 Å². The smallest absolute Gasteiger partial charge is 0.337 e. The summed E-state index contributed by atoms with van der Waals surface area (Å²) >= 11 is 3.36. The van der Waals surface area contributed by atoms with Crippen LogP contribution in [-0.4, -0.2) is 30.9 Å². The average molecular weight is 553 g/mol. The molecule has 10 heteroatoms. The average Bonchev–Trinajstić information content (AvgIpc) is 2.86. The van der Waals surface area contributed by atoms with Gasteiger partial charge in [0.15, 0.2) is 0 Å². The number of amides is 4. The first kappa shape index (κ1) is 24.8. The van der Waals surface area contributed by atoms with Gasteiger partial charge in [-0.2, -0.15) is 0 Å². The lowest BCUT2D eigenvalue weighted by atomic mass is 10.1. The molecule has 0 unspecified atom stereocenters. The highest BCUT2D eigenvalue weighted by Crippen LogP contribution is 2.29. The molecule has 0 aromatic heterocycles. The summed E-state index contributed by atoms with van der Waals surface area (Å²) in [6.07, 6.45) is 1.31. The Morgan fingerprint density at radius 1 is 1.06 bits per heavy atom. The third kappa shape index (κ3) is 5.33. The highest BCUT2D eigenvalue weighted by atomic mass is 79.9. The predicted octanol–water partition coefficient (Wildman–Crippen LogP) is 4.62. The van der Waals surface area contributed by atoms with Crippen LogP contribution in [-0.2, 0) is 20.9 Å². The summed E-state index contributed by atoms with van der Waals surface area (Å²) in [7, 11) is 1.23. The van der Waals surface area contributed by atoms with E-state index in [0.717, 1.165) is 4.90 Å². The summed E-state index contributed by atoms with van der Waals surface area (Å²) in [6, 6.07) is 15.6. The van der Waals surface area contributed by atoms with E-state index in [0.29, 0.717) is 21.3 Å². The van der Waals surface area contributed by atoms with Crippen LogP contribution in [0, 0.1) is 5.82 Å². The fourth-order valence-electron chi connectivity index (χ4n) is 3.46. The Labute approximate surface area is 213 Å². The zero-order valence-electron chi connectivity index (χ0n) is 18.8. The van der Waals surface area contributed by atoms with Gasteiger partial charge in [0.25, 0.3) is 11.8 Å². The molecule has 0 spiro atoms. The molecule has 0 radical (unpaired) electrons. The van der Waals surface area contributed by atoms with Gasteiger partial charge in [0, 0.05) is 10.0 Å². The van der Waals surface area contributed by atoms with Crippen LogP contribution in [0.1, 0.15) is 21.5 Å². The number of hydrogen-bond donors (Lipinski definition) is 1. The van der Waals surface area contributed by atoms with Gasteiger partial charge in [0.05, 0.1) is 18.4 Å². The number of urea groups is 1. The van der Waals surface area contributed by atoms with Crippen molar-refractivity contribution in [1.82, 2.24) is 5.32 Å². The molecule has 0 atom stereocenters. The van der Waals surface area contributed by atoms with Gasteiger partial charge >= 0.3 is 12.0 Å². The van der Waals surface area contributed by atoms with Gasteiger partial charge < -0.3 is 9.47 Å². The number of methoxy groups -OCH3 is 1. The summed E-state index contributed by atoms with van der Waals surface area (Å²) in [5.74, 6) is -2.37. The van der Waals surface area contributed by atoms with Crippen LogP contribution < -0.4 is 15.0 Å². The standard InChI is InChI=1S/C26H18BrFN2O6/c1-35-25(33)16-5-8-20(9-6-16)30-24(32)21(23(31)29-26(30)34)13-17-12-18(27)7-10-22(17)36-14-15-3-2-4-19(28)11-15/h2-13H,14H2,1H3,(H,29,31,34)/b21-13+. The number of carbonyl (C=O) groups excluding carboxylic acids is 4. The second kappa shape index (κ2) is 10.5. The molecular weight excluding hydrogens is 535 g/mol. The molecule has 0 aliphatic carbocycles. The number of nitrogens with one attached hydrogen (secondary N) is 1. The maximum Gasteiger partial charge on any atom is 0.337 e. The molecule has 1 heterocycles. The minimum absolute atomic E-state index is 0.0485. The number of esters is 1. The maximum absolute atomic E-state index is 13.5. The van der Waals surface area contributed by atoms with Gasteiger partial charge in [0.2, 0.25) is 0 Å². The monoisotopic (exact) mass is 552 g/mol. The van der Waals surface area contributed by atoms with E-state index in [9.17, 15) is 23.6 Å². The van der Waals surface area contributed by atoms with Crippen molar-refractivity contribution in [1.29, 1.82) is 0 Å². The second-order valence-electron chi connectivity index (χ2n) is 7.60. The van der Waals surface area contributed by atoms with Gasteiger partial charge in [-0.15, -0.1) is 0 Å². The maximum atomic E-state index is 13.5. The Morgan fingerprint density at radius 2 is 1.81 bits per heavy atom. The lowest BCUT2D eigenvalue weighted by molar-refractivity contribution is -0.122. The summed E-state index contributed by atoms with van der Waals surface area (Å²) in [6.45, 7) is 0.0485. The molecule has 1 aliphatic rings. The fraction of sp³-hybridized carbons (Fsp3) is 0.0769.